The molecule has 0 atom stereocenters. The van der Waals surface area contributed by atoms with E-state index < -0.39 is 0 Å². The molecule has 0 saturated carbocycles. The number of nitrogens with one attached hydrogen (secondary N) is 1. The lowest BCUT2D eigenvalue weighted by Crippen LogP contribution is -2.24. The van der Waals surface area contributed by atoms with Gasteiger partial charge in [-0.3, -0.25) is 4.79 Å². The molecule has 1 N–H and O–H groups in total. The Morgan fingerprint density at radius 3 is 3.13 bits per heavy atom. The van der Waals surface area contributed by atoms with Crippen LogP contribution >= 0.6 is 0 Å². The molecule has 0 spiro atoms. The molecule has 1 aromatic carbocycles. The number of carbonyl (C=O) groups excluding carboxylic acids is 1. The first-order chi connectivity index (χ1) is 7.31. The molecule has 0 bridgehead atoms. The first-order valence-electron chi connectivity index (χ1n) is 4.50. The van der Waals surface area contributed by atoms with Crippen molar-refractivity contribution in [3.8, 4) is 0 Å². The van der Waals surface area contributed by atoms with Crippen LogP contribution in [0, 0.1) is 0 Å². The van der Waals surface area contributed by atoms with E-state index in [9.17, 15) is 4.79 Å². The minimum Gasteiger partial charge on any atom is -0.333 e. The van der Waals surface area contributed by atoms with Crippen LogP contribution in [0.4, 0.5) is 0 Å². The topological polar surface area (TPSA) is 59.8 Å². The Balaban J connectivity index is 2.21. The van der Waals surface area contributed by atoms with Gasteiger partial charge in [0.2, 0.25) is 5.91 Å². The van der Waals surface area contributed by atoms with Gasteiger partial charge in [0.25, 0.3) is 0 Å². The molecule has 0 saturated heterocycles. The molecule has 76 valence electrons. The Morgan fingerprint density at radius 2 is 2.33 bits per heavy atom. The molecule has 15 heavy (non-hydrogen) atoms. The molecule has 2 rings (SSSR count). The fourth-order valence-corrected chi connectivity index (χ4v) is 1.26. The second kappa shape index (κ2) is 3.91. The van der Waals surface area contributed by atoms with Gasteiger partial charge >= 0.3 is 0 Å². The van der Waals surface area contributed by atoms with Crippen LogP contribution in [-0.2, 0) is 11.5 Å². The molecule has 1 aromatic heterocycles. The molecule has 0 fully saturated rings. The maximum absolute atomic E-state index is 11.0. The molecule has 5 heteroatoms. The number of carbonyl (C=O) groups is 1. The number of aromatic nitrogens is 3. The van der Waals surface area contributed by atoms with Crippen molar-refractivity contribution >= 4 is 16.9 Å². The summed E-state index contributed by atoms with van der Waals surface area (Å²) in [6.45, 7) is 3.66. The number of amides is 1. The third kappa shape index (κ3) is 1.85. The zero-order valence-corrected chi connectivity index (χ0v) is 8.05. The first-order valence-corrected chi connectivity index (χ1v) is 4.50. The highest BCUT2D eigenvalue weighted by Crippen LogP contribution is 2.08. The third-order valence-corrected chi connectivity index (χ3v) is 2.01. The average Bonchev–Trinajstić information content (AvgIpc) is 2.69. The van der Waals surface area contributed by atoms with E-state index in [2.05, 4.69) is 22.2 Å². The molecule has 1 amide bonds. The first kappa shape index (κ1) is 9.39. The van der Waals surface area contributed by atoms with Gasteiger partial charge in [-0.1, -0.05) is 23.9 Å². The summed E-state index contributed by atoms with van der Waals surface area (Å²) in [5, 5.41) is 10.5. The molecular formula is C10H10N4O. The van der Waals surface area contributed by atoms with Crippen LogP contribution in [0.15, 0.2) is 36.9 Å². The SMILES string of the molecule is C=CC(=O)NCn1nnc2ccccc21. The molecule has 2 aromatic rings. The van der Waals surface area contributed by atoms with Gasteiger partial charge in [-0.2, -0.15) is 0 Å². The van der Waals surface area contributed by atoms with E-state index in [1.54, 1.807) is 4.68 Å². The number of fused-ring (bicyclic) bond motifs is 1. The molecule has 0 radical (unpaired) electrons. The van der Waals surface area contributed by atoms with Crippen molar-refractivity contribution in [2.45, 2.75) is 6.67 Å². The van der Waals surface area contributed by atoms with Crippen molar-refractivity contribution in [2.75, 3.05) is 0 Å². The Bertz CT molecular complexity index is 503. The van der Waals surface area contributed by atoms with Crippen LogP contribution in [-0.4, -0.2) is 20.9 Å². The van der Waals surface area contributed by atoms with Crippen LogP contribution in [0.2, 0.25) is 0 Å². The van der Waals surface area contributed by atoms with Gasteiger partial charge in [0.1, 0.15) is 12.2 Å². The van der Waals surface area contributed by atoms with E-state index in [1.807, 2.05) is 24.3 Å². The second-order valence-corrected chi connectivity index (χ2v) is 2.98. The third-order valence-electron chi connectivity index (χ3n) is 2.01. The van der Waals surface area contributed by atoms with Gasteiger partial charge in [0.15, 0.2) is 0 Å². The monoisotopic (exact) mass is 202 g/mol. The van der Waals surface area contributed by atoms with Crippen LogP contribution in [0.25, 0.3) is 11.0 Å². The van der Waals surface area contributed by atoms with Crippen molar-refractivity contribution in [1.29, 1.82) is 0 Å². The summed E-state index contributed by atoms with van der Waals surface area (Å²) in [4.78, 5) is 11.0. The smallest absolute Gasteiger partial charge is 0.244 e. The molecular weight excluding hydrogens is 192 g/mol. The lowest BCUT2D eigenvalue weighted by molar-refractivity contribution is -0.117. The summed E-state index contributed by atoms with van der Waals surface area (Å²) in [6.07, 6.45) is 1.22. The Labute approximate surface area is 86.4 Å². The Morgan fingerprint density at radius 1 is 1.53 bits per heavy atom. The fourth-order valence-electron chi connectivity index (χ4n) is 1.26. The molecule has 0 aliphatic heterocycles. The second-order valence-electron chi connectivity index (χ2n) is 2.98. The standard InChI is InChI=1S/C10H10N4O/c1-2-10(15)11-7-14-9-6-4-3-5-8(9)12-13-14/h2-6H,1,7H2,(H,11,15). The number of hydrogen-bond donors (Lipinski definition) is 1. The van der Waals surface area contributed by atoms with Crippen LogP contribution < -0.4 is 5.32 Å². The predicted octanol–water partition coefficient (Wildman–Crippen LogP) is 0.691. The number of hydrogen-bond acceptors (Lipinski definition) is 3. The van der Waals surface area contributed by atoms with Gasteiger partial charge in [0.05, 0.1) is 5.52 Å². The summed E-state index contributed by atoms with van der Waals surface area (Å²) >= 11 is 0. The zero-order valence-electron chi connectivity index (χ0n) is 8.05. The van der Waals surface area contributed by atoms with E-state index in [0.717, 1.165) is 11.0 Å². The fraction of sp³-hybridized carbons (Fsp3) is 0.100. The number of benzene rings is 1. The normalized spacial score (nSPS) is 10.1. The van der Waals surface area contributed by atoms with Gasteiger partial charge < -0.3 is 5.32 Å². The summed E-state index contributed by atoms with van der Waals surface area (Å²) in [5.41, 5.74) is 1.70. The van der Waals surface area contributed by atoms with Crippen molar-refractivity contribution in [2.24, 2.45) is 0 Å². The summed E-state index contributed by atoms with van der Waals surface area (Å²) < 4.78 is 1.62. The molecule has 5 nitrogen and oxygen atoms in total. The van der Waals surface area contributed by atoms with Crippen molar-refractivity contribution < 1.29 is 4.79 Å². The van der Waals surface area contributed by atoms with Crippen LogP contribution in [0.5, 0.6) is 0 Å². The van der Waals surface area contributed by atoms with Crippen molar-refractivity contribution in [3.63, 3.8) is 0 Å². The highest BCUT2D eigenvalue weighted by atomic mass is 16.1. The number of para-hydroxylation sites is 1. The van der Waals surface area contributed by atoms with E-state index in [1.165, 1.54) is 6.08 Å². The average molecular weight is 202 g/mol. The van der Waals surface area contributed by atoms with Gasteiger partial charge in [-0.25, -0.2) is 4.68 Å². The van der Waals surface area contributed by atoms with E-state index in [0.29, 0.717) is 6.67 Å². The Kier molecular flexibility index (Phi) is 2.45. The van der Waals surface area contributed by atoms with Gasteiger partial charge in [-0.05, 0) is 18.2 Å². The molecule has 1 heterocycles. The van der Waals surface area contributed by atoms with E-state index in [-0.39, 0.29) is 5.91 Å². The van der Waals surface area contributed by atoms with Gasteiger partial charge in [-0.15, -0.1) is 5.10 Å². The van der Waals surface area contributed by atoms with Crippen LogP contribution in [0.1, 0.15) is 0 Å². The molecule has 0 aliphatic rings. The van der Waals surface area contributed by atoms with Crippen LogP contribution in [0.3, 0.4) is 0 Å². The van der Waals surface area contributed by atoms with E-state index in [4.69, 9.17) is 0 Å². The quantitative estimate of drug-likeness (QED) is 0.745. The lowest BCUT2D eigenvalue weighted by Gasteiger charge is -2.02. The summed E-state index contributed by atoms with van der Waals surface area (Å²) in [5.74, 6) is -0.227. The highest BCUT2D eigenvalue weighted by Gasteiger charge is 2.02. The molecule has 0 unspecified atom stereocenters. The zero-order chi connectivity index (χ0) is 10.7. The minimum atomic E-state index is -0.227. The Hall–Kier alpha value is -2.17. The predicted molar refractivity (Wildman–Crippen MR) is 55.9 cm³/mol. The lowest BCUT2D eigenvalue weighted by atomic mass is 10.3. The largest absolute Gasteiger partial charge is 0.333 e. The maximum atomic E-state index is 11.0. The van der Waals surface area contributed by atoms with Crippen molar-refractivity contribution in [1.82, 2.24) is 20.3 Å². The van der Waals surface area contributed by atoms with Gasteiger partial charge in [0, 0.05) is 0 Å². The van der Waals surface area contributed by atoms with E-state index >= 15 is 0 Å². The van der Waals surface area contributed by atoms with Crippen molar-refractivity contribution in [3.05, 3.63) is 36.9 Å². The number of rotatable bonds is 3. The summed E-state index contributed by atoms with van der Waals surface area (Å²) in [7, 11) is 0. The molecule has 0 aliphatic carbocycles. The highest BCUT2D eigenvalue weighted by molar-refractivity contribution is 5.86. The maximum Gasteiger partial charge on any atom is 0.244 e. The summed E-state index contributed by atoms with van der Waals surface area (Å²) in [6, 6.07) is 7.56. The minimum absolute atomic E-state index is 0.227. The number of nitrogens with zero attached hydrogens (tertiary/aromatic N) is 3.